The van der Waals surface area contributed by atoms with Crippen LogP contribution in [0.15, 0.2) is 42.5 Å². The van der Waals surface area contributed by atoms with E-state index in [9.17, 15) is 4.39 Å². The Morgan fingerprint density at radius 2 is 1.87 bits per heavy atom. The first-order valence-electron chi connectivity index (χ1n) is 4.48. The Morgan fingerprint density at radius 3 is 2.60 bits per heavy atom. The van der Waals surface area contributed by atoms with Crippen LogP contribution in [0.5, 0.6) is 0 Å². The number of nitrogens with two attached hydrogens (primary N) is 1. The predicted octanol–water partition coefficient (Wildman–Crippen LogP) is 3.73. The van der Waals surface area contributed by atoms with E-state index in [-0.39, 0.29) is 5.82 Å². The van der Waals surface area contributed by atoms with Crippen LogP contribution in [0.4, 0.5) is 10.1 Å². The second-order valence-corrected chi connectivity index (χ2v) is 3.68. The third-order valence-electron chi connectivity index (χ3n) is 2.15. The molecule has 0 aliphatic carbocycles. The molecule has 2 N–H and O–H groups in total. The molecule has 2 aromatic carbocycles. The van der Waals surface area contributed by atoms with Gasteiger partial charge in [0.1, 0.15) is 5.82 Å². The van der Waals surface area contributed by atoms with Gasteiger partial charge in [0.15, 0.2) is 0 Å². The zero-order chi connectivity index (χ0) is 10.8. The van der Waals surface area contributed by atoms with E-state index in [2.05, 4.69) is 0 Å². The van der Waals surface area contributed by atoms with E-state index in [4.69, 9.17) is 17.3 Å². The smallest absolute Gasteiger partial charge is 0.123 e. The minimum atomic E-state index is -0.285. The van der Waals surface area contributed by atoms with Crippen molar-refractivity contribution in [1.82, 2.24) is 0 Å². The zero-order valence-corrected chi connectivity index (χ0v) is 8.63. The molecule has 0 aromatic heterocycles. The van der Waals surface area contributed by atoms with E-state index in [1.807, 2.05) is 0 Å². The molecule has 0 radical (unpaired) electrons. The Labute approximate surface area is 92.3 Å². The van der Waals surface area contributed by atoms with Crippen LogP contribution in [0.25, 0.3) is 11.1 Å². The average molecular weight is 222 g/mol. The Kier molecular flexibility index (Phi) is 2.60. The second-order valence-electron chi connectivity index (χ2n) is 3.24. The molecule has 0 heterocycles. The highest BCUT2D eigenvalue weighted by atomic mass is 35.5. The Morgan fingerprint density at radius 1 is 1.07 bits per heavy atom. The molecule has 0 spiro atoms. The molecule has 0 fully saturated rings. The molecular formula is C12H9ClFN. The average Bonchev–Trinajstić information content (AvgIpc) is 2.22. The highest BCUT2D eigenvalue weighted by Gasteiger charge is 2.04. The minimum absolute atomic E-state index is 0.285. The van der Waals surface area contributed by atoms with Crippen LogP contribution < -0.4 is 5.73 Å². The molecule has 2 aromatic rings. The summed E-state index contributed by atoms with van der Waals surface area (Å²) in [5.41, 5.74) is 7.86. The molecule has 0 saturated carbocycles. The molecule has 0 saturated heterocycles. The maximum atomic E-state index is 13.0. The number of hydrogen-bond acceptors (Lipinski definition) is 1. The van der Waals surface area contributed by atoms with Gasteiger partial charge < -0.3 is 5.73 Å². The molecule has 0 bridgehead atoms. The van der Waals surface area contributed by atoms with Gasteiger partial charge in [-0.3, -0.25) is 0 Å². The molecule has 15 heavy (non-hydrogen) atoms. The van der Waals surface area contributed by atoms with Gasteiger partial charge in [0.25, 0.3) is 0 Å². The lowest BCUT2D eigenvalue weighted by atomic mass is 10.0. The van der Waals surface area contributed by atoms with Gasteiger partial charge in [-0.05, 0) is 35.9 Å². The van der Waals surface area contributed by atoms with E-state index < -0.39 is 0 Å². The SMILES string of the molecule is Nc1ccc(Cl)cc1-c1cccc(F)c1. The van der Waals surface area contributed by atoms with Crippen LogP contribution in [-0.2, 0) is 0 Å². The highest BCUT2D eigenvalue weighted by molar-refractivity contribution is 6.31. The Bertz CT molecular complexity index is 497. The quantitative estimate of drug-likeness (QED) is 0.730. The van der Waals surface area contributed by atoms with Gasteiger partial charge in [-0.15, -0.1) is 0 Å². The zero-order valence-electron chi connectivity index (χ0n) is 7.87. The summed E-state index contributed by atoms with van der Waals surface area (Å²) in [5, 5.41) is 0.587. The van der Waals surface area contributed by atoms with E-state index in [0.717, 1.165) is 11.1 Å². The van der Waals surface area contributed by atoms with Gasteiger partial charge in [-0.25, -0.2) is 4.39 Å². The summed E-state index contributed by atoms with van der Waals surface area (Å²) >= 11 is 5.86. The lowest BCUT2D eigenvalue weighted by molar-refractivity contribution is 0.628. The molecule has 76 valence electrons. The number of halogens is 2. The van der Waals surface area contributed by atoms with Crippen molar-refractivity contribution in [3.8, 4) is 11.1 Å². The summed E-state index contributed by atoms with van der Waals surface area (Å²) in [4.78, 5) is 0. The maximum Gasteiger partial charge on any atom is 0.123 e. The standard InChI is InChI=1S/C12H9ClFN/c13-9-4-5-12(15)11(7-9)8-2-1-3-10(14)6-8/h1-7H,15H2. The van der Waals surface area contributed by atoms with Crippen LogP contribution in [0.1, 0.15) is 0 Å². The van der Waals surface area contributed by atoms with E-state index in [1.165, 1.54) is 12.1 Å². The number of rotatable bonds is 1. The van der Waals surface area contributed by atoms with Gasteiger partial charge in [-0.2, -0.15) is 0 Å². The molecule has 1 nitrogen and oxygen atoms in total. The van der Waals surface area contributed by atoms with Gasteiger partial charge in [0.05, 0.1) is 0 Å². The molecule has 0 aliphatic rings. The van der Waals surface area contributed by atoms with Crippen molar-refractivity contribution >= 4 is 17.3 Å². The van der Waals surface area contributed by atoms with Crippen molar-refractivity contribution in [3.05, 3.63) is 53.3 Å². The van der Waals surface area contributed by atoms with Crippen molar-refractivity contribution in [3.63, 3.8) is 0 Å². The summed E-state index contributed by atoms with van der Waals surface area (Å²) in [7, 11) is 0. The summed E-state index contributed by atoms with van der Waals surface area (Å²) in [6.45, 7) is 0. The van der Waals surface area contributed by atoms with Gasteiger partial charge in [-0.1, -0.05) is 23.7 Å². The fourth-order valence-electron chi connectivity index (χ4n) is 1.43. The molecule has 0 atom stereocenters. The molecule has 0 unspecified atom stereocenters. The monoisotopic (exact) mass is 221 g/mol. The third kappa shape index (κ3) is 2.10. The molecule has 2 rings (SSSR count). The number of hydrogen-bond donors (Lipinski definition) is 1. The van der Waals surface area contributed by atoms with Gasteiger partial charge in [0, 0.05) is 16.3 Å². The van der Waals surface area contributed by atoms with E-state index >= 15 is 0 Å². The van der Waals surface area contributed by atoms with Crippen LogP contribution in [0.2, 0.25) is 5.02 Å². The van der Waals surface area contributed by atoms with Gasteiger partial charge >= 0.3 is 0 Å². The van der Waals surface area contributed by atoms with Gasteiger partial charge in [0.2, 0.25) is 0 Å². The Hall–Kier alpha value is -1.54. The minimum Gasteiger partial charge on any atom is -0.398 e. The number of nitrogen functional groups attached to an aromatic ring is 1. The number of anilines is 1. The van der Waals surface area contributed by atoms with Crippen molar-refractivity contribution in [1.29, 1.82) is 0 Å². The van der Waals surface area contributed by atoms with Crippen molar-refractivity contribution < 1.29 is 4.39 Å². The first-order valence-corrected chi connectivity index (χ1v) is 4.85. The third-order valence-corrected chi connectivity index (χ3v) is 2.39. The van der Waals surface area contributed by atoms with Crippen LogP contribution in [0, 0.1) is 5.82 Å². The summed E-state index contributed by atoms with van der Waals surface area (Å²) in [6.07, 6.45) is 0. The topological polar surface area (TPSA) is 26.0 Å². The van der Waals surface area contributed by atoms with Crippen molar-refractivity contribution in [2.45, 2.75) is 0 Å². The summed E-state index contributed by atoms with van der Waals surface area (Å²) < 4.78 is 13.0. The summed E-state index contributed by atoms with van der Waals surface area (Å²) in [5.74, 6) is -0.285. The fraction of sp³-hybridized carbons (Fsp3) is 0. The molecule has 3 heteroatoms. The lowest BCUT2D eigenvalue weighted by Crippen LogP contribution is -1.90. The maximum absolute atomic E-state index is 13.0. The van der Waals surface area contributed by atoms with Crippen LogP contribution >= 0.6 is 11.6 Å². The summed E-state index contributed by atoms with van der Waals surface area (Å²) in [6, 6.07) is 11.4. The Balaban J connectivity index is 2.58. The molecular weight excluding hydrogens is 213 g/mol. The van der Waals surface area contributed by atoms with E-state index in [1.54, 1.807) is 30.3 Å². The van der Waals surface area contributed by atoms with Crippen molar-refractivity contribution in [2.75, 3.05) is 5.73 Å². The fourth-order valence-corrected chi connectivity index (χ4v) is 1.61. The normalized spacial score (nSPS) is 10.3. The largest absolute Gasteiger partial charge is 0.398 e. The second kappa shape index (κ2) is 3.91. The highest BCUT2D eigenvalue weighted by Crippen LogP contribution is 2.28. The van der Waals surface area contributed by atoms with Crippen LogP contribution in [-0.4, -0.2) is 0 Å². The first-order chi connectivity index (χ1) is 7.16. The molecule has 0 aliphatic heterocycles. The van der Waals surface area contributed by atoms with Crippen LogP contribution in [0.3, 0.4) is 0 Å². The first kappa shape index (κ1) is 9.99. The van der Waals surface area contributed by atoms with Crippen molar-refractivity contribution in [2.24, 2.45) is 0 Å². The molecule has 0 amide bonds. The number of benzene rings is 2. The predicted molar refractivity (Wildman–Crippen MR) is 61.3 cm³/mol. The lowest BCUT2D eigenvalue weighted by Gasteiger charge is -2.06. The van der Waals surface area contributed by atoms with E-state index in [0.29, 0.717) is 10.7 Å².